The van der Waals surface area contributed by atoms with Crippen LogP contribution in [0.5, 0.6) is 0 Å². The molecule has 0 saturated carbocycles. The monoisotopic (exact) mass is 261 g/mol. The summed E-state index contributed by atoms with van der Waals surface area (Å²) in [7, 11) is 0. The topological polar surface area (TPSA) is 31.9 Å². The van der Waals surface area contributed by atoms with Crippen LogP contribution in [0.1, 0.15) is 13.8 Å². The van der Waals surface area contributed by atoms with Crippen LogP contribution < -0.4 is 4.90 Å². The molecule has 1 heterocycles. The number of aromatic nitrogens is 2. The standard InChI is InChI=1S/C8H12BrN3S/c1-3-12(4-2)8-10-5-6(9)7(13)11-8/h5H,3-4H2,1-2H3,(H,10,11,13). The van der Waals surface area contributed by atoms with Gasteiger partial charge in [-0.2, -0.15) is 0 Å². The van der Waals surface area contributed by atoms with Gasteiger partial charge in [0.25, 0.3) is 0 Å². The van der Waals surface area contributed by atoms with Gasteiger partial charge in [0, 0.05) is 19.3 Å². The predicted octanol–water partition coefficient (Wildman–Crippen LogP) is 2.75. The molecule has 0 aromatic carbocycles. The van der Waals surface area contributed by atoms with Gasteiger partial charge >= 0.3 is 0 Å². The van der Waals surface area contributed by atoms with Crippen LogP contribution in [0.2, 0.25) is 0 Å². The molecule has 1 aromatic rings. The summed E-state index contributed by atoms with van der Waals surface area (Å²) < 4.78 is 1.52. The number of aromatic amines is 1. The van der Waals surface area contributed by atoms with Gasteiger partial charge in [-0.1, -0.05) is 12.2 Å². The molecule has 3 nitrogen and oxygen atoms in total. The molecular weight excluding hydrogens is 250 g/mol. The lowest BCUT2D eigenvalue weighted by Crippen LogP contribution is -2.24. The Kier molecular flexibility index (Phi) is 3.87. The molecule has 0 radical (unpaired) electrons. The Morgan fingerprint density at radius 2 is 2.15 bits per heavy atom. The van der Waals surface area contributed by atoms with Crippen LogP contribution in [-0.2, 0) is 0 Å². The molecule has 0 spiro atoms. The van der Waals surface area contributed by atoms with Gasteiger partial charge in [0.05, 0.1) is 4.47 Å². The molecule has 0 atom stereocenters. The summed E-state index contributed by atoms with van der Waals surface area (Å²) in [6.07, 6.45) is 1.73. The second-order valence-corrected chi connectivity index (χ2v) is 3.82. The third-order valence-electron chi connectivity index (χ3n) is 1.81. The van der Waals surface area contributed by atoms with Crippen molar-refractivity contribution in [1.29, 1.82) is 0 Å². The zero-order valence-electron chi connectivity index (χ0n) is 7.67. The molecule has 13 heavy (non-hydrogen) atoms. The lowest BCUT2D eigenvalue weighted by molar-refractivity contribution is 0.818. The van der Waals surface area contributed by atoms with Crippen LogP contribution in [-0.4, -0.2) is 23.1 Å². The minimum atomic E-state index is 0.692. The highest BCUT2D eigenvalue weighted by atomic mass is 79.9. The number of hydrogen-bond donors (Lipinski definition) is 1. The van der Waals surface area contributed by atoms with Crippen molar-refractivity contribution >= 4 is 34.1 Å². The Morgan fingerprint density at radius 1 is 1.54 bits per heavy atom. The summed E-state index contributed by atoms with van der Waals surface area (Å²) in [4.78, 5) is 9.41. The maximum Gasteiger partial charge on any atom is 0.203 e. The summed E-state index contributed by atoms with van der Waals surface area (Å²) in [5.74, 6) is 0.832. The molecule has 1 N–H and O–H groups in total. The Balaban J connectivity index is 3.02. The third-order valence-corrected chi connectivity index (χ3v) is 2.99. The normalized spacial score (nSPS) is 10.1. The van der Waals surface area contributed by atoms with E-state index in [1.807, 2.05) is 0 Å². The first-order chi connectivity index (χ1) is 6.19. The van der Waals surface area contributed by atoms with Crippen molar-refractivity contribution in [3.63, 3.8) is 0 Å². The molecule has 0 unspecified atom stereocenters. The van der Waals surface area contributed by atoms with Crippen molar-refractivity contribution in [2.24, 2.45) is 0 Å². The number of halogens is 1. The molecule has 0 aliphatic rings. The average molecular weight is 262 g/mol. The summed E-state index contributed by atoms with van der Waals surface area (Å²) in [6, 6.07) is 0. The second-order valence-electron chi connectivity index (χ2n) is 2.56. The van der Waals surface area contributed by atoms with Crippen molar-refractivity contribution in [2.45, 2.75) is 13.8 Å². The quantitative estimate of drug-likeness (QED) is 0.850. The first-order valence-corrected chi connectivity index (χ1v) is 5.39. The molecule has 0 aliphatic carbocycles. The van der Waals surface area contributed by atoms with Crippen molar-refractivity contribution in [2.75, 3.05) is 18.0 Å². The van der Waals surface area contributed by atoms with Crippen LogP contribution in [0, 0.1) is 4.64 Å². The minimum Gasteiger partial charge on any atom is -0.343 e. The maximum absolute atomic E-state index is 5.09. The molecule has 0 bridgehead atoms. The van der Waals surface area contributed by atoms with E-state index in [2.05, 4.69) is 44.6 Å². The number of hydrogen-bond acceptors (Lipinski definition) is 3. The Hall–Kier alpha value is -0.420. The third kappa shape index (κ3) is 2.51. The van der Waals surface area contributed by atoms with E-state index < -0.39 is 0 Å². The molecule has 0 aliphatic heterocycles. The van der Waals surface area contributed by atoms with E-state index >= 15 is 0 Å². The van der Waals surface area contributed by atoms with E-state index in [1.165, 1.54) is 0 Å². The lowest BCUT2D eigenvalue weighted by atomic mass is 10.5. The Labute approximate surface area is 91.3 Å². The first-order valence-electron chi connectivity index (χ1n) is 4.18. The summed E-state index contributed by atoms with van der Waals surface area (Å²) >= 11 is 8.39. The molecular formula is C8H12BrN3S. The zero-order chi connectivity index (χ0) is 9.84. The van der Waals surface area contributed by atoms with Gasteiger partial charge < -0.3 is 9.88 Å². The van der Waals surface area contributed by atoms with Gasteiger partial charge in [0.2, 0.25) is 5.95 Å². The molecule has 0 saturated heterocycles. The summed E-state index contributed by atoms with van der Waals surface area (Å²) in [5, 5.41) is 0. The van der Waals surface area contributed by atoms with Crippen molar-refractivity contribution in [3.05, 3.63) is 15.3 Å². The van der Waals surface area contributed by atoms with Crippen LogP contribution >= 0.6 is 28.1 Å². The molecule has 1 rings (SSSR count). The first kappa shape index (κ1) is 10.7. The van der Waals surface area contributed by atoms with Gasteiger partial charge in [0.15, 0.2) is 0 Å². The van der Waals surface area contributed by atoms with Crippen LogP contribution in [0.3, 0.4) is 0 Å². The molecule has 0 fully saturated rings. The van der Waals surface area contributed by atoms with E-state index in [4.69, 9.17) is 12.2 Å². The number of nitrogens with one attached hydrogen (secondary N) is 1. The van der Waals surface area contributed by atoms with E-state index in [0.29, 0.717) is 4.64 Å². The number of anilines is 1. The number of nitrogens with zero attached hydrogens (tertiary/aromatic N) is 2. The van der Waals surface area contributed by atoms with Crippen LogP contribution in [0.15, 0.2) is 10.7 Å². The second kappa shape index (κ2) is 4.72. The molecule has 1 aromatic heterocycles. The maximum atomic E-state index is 5.09. The number of rotatable bonds is 3. The largest absolute Gasteiger partial charge is 0.343 e. The van der Waals surface area contributed by atoms with E-state index in [9.17, 15) is 0 Å². The Bertz CT molecular complexity index is 332. The van der Waals surface area contributed by atoms with Gasteiger partial charge in [-0.15, -0.1) is 0 Å². The molecule has 72 valence electrons. The fourth-order valence-corrected chi connectivity index (χ4v) is 1.40. The summed E-state index contributed by atoms with van der Waals surface area (Å²) in [6.45, 7) is 6.03. The van der Waals surface area contributed by atoms with Crippen LogP contribution in [0.25, 0.3) is 0 Å². The van der Waals surface area contributed by atoms with Crippen molar-refractivity contribution in [3.8, 4) is 0 Å². The van der Waals surface area contributed by atoms with E-state index in [0.717, 1.165) is 23.5 Å². The average Bonchev–Trinajstić information content (AvgIpc) is 2.13. The summed E-state index contributed by atoms with van der Waals surface area (Å²) in [5.41, 5.74) is 0. The van der Waals surface area contributed by atoms with E-state index in [1.54, 1.807) is 6.20 Å². The number of H-pyrrole nitrogens is 1. The van der Waals surface area contributed by atoms with Gasteiger partial charge in [0.1, 0.15) is 4.64 Å². The SMILES string of the molecule is CCN(CC)c1ncc(Br)c(=S)[nH]1. The molecule has 0 amide bonds. The van der Waals surface area contributed by atoms with Crippen molar-refractivity contribution in [1.82, 2.24) is 9.97 Å². The highest BCUT2D eigenvalue weighted by Gasteiger charge is 2.03. The fraction of sp³-hybridized carbons (Fsp3) is 0.500. The highest BCUT2D eigenvalue weighted by Crippen LogP contribution is 2.12. The smallest absolute Gasteiger partial charge is 0.203 e. The van der Waals surface area contributed by atoms with Gasteiger partial charge in [-0.3, -0.25) is 0 Å². The minimum absolute atomic E-state index is 0.692. The van der Waals surface area contributed by atoms with Crippen LogP contribution in [0.4, 0.5) is 5.95 Å². The van der Waals surface area contributed by atoms with Gasteiger partial charge in [-0.25, -0.2) is 4.98 Å². The van der Waals surface area contributed by atoms with E-state index in [-0.39, 0.29) is 0 Å². The fourth-order valence-electron chi connectivity index (χ4n) is 1.05. The van der Waals surface area contributed by atoms with Crippen molar-refractivity contribution < 1.29 is 0 Å². The molecule has 5 heteroatoms. The Morgan fingerprint density at radius 3 is 2.62 bits per heavy atom. The lowest BCUT2D eigenvalue weighted by Gasteiger charge is -2.18. The zero-order valence-corrected chi connectivity index (χ0v) is 10.1. The highest BCUT2D eigenvalue weighted by molar-refractivity contribution is 9.10. The predicted molar refractivity (Wildman–Crippen MR) is 60.7 cm³/mol. The van der Waals surface area contributed by atoms with Gasteiger partial charge in [-0.05, 0) is 29.8 Å².